The van der Waals surface area contributed by atoms with Crippen LogP contribution in [0.5, 0.6) is 0 Å². The van der Waals surface area contributed by atoms with Gasteiger partial charge in [0.25, 0.3) is 0 Å². The highest BCUT2D eigenvalue weighted by atomic mass is 15.1. The minimum atomic E-state index is 0.417. The van der Waals surface area contributed by atoms with Gasteiger partial charge in [0, 0.05) is 18.7 Å². The van der Waals surface area contributed by atoms with Crippen molar-refractivity contribution >= 4 is 0 Å². The summed E-state index contributed by atoms with van der Waals surface area (Å²) in [5.74, 6) is 6.86. The molecule has 3 nitrogen and oxygen atoms in total. The van der Waals surface area contributed by atoms with E-state index in [-0.39, 0.29) is 0 Å². The van der Waals surface area contributed by atoms with E-state index in [1.165, 1.54) is 38.0 Å². The van der Waals surface area contributed by atoms with Crippen LogP contribution in [-0.2, 0) is 6.54 Å². The van der Waals surface area contributed by atoms with Crippen LogP contribution in [-0.4, -0.2) is 50.1 Å². The third-order valence-electron chi connectivity index (χ3n) is 4.12. The number of hydrogen-bond acceptors (Lipinski definition) is 3. The van der Waals surface area contributed by atoms with Crippen LogP contribution in [0.15, 0.2) is 24.3 Å². The van der Waals surface area contributed by atoms with Crippen molar-refractivity contribution in [1.82, 2.24) is 9.80 Å². The summed E-state index contributed by atoms with van der Waals surface area (Å²) in [6, 6.07) is 8.48. The van der Waals surface area contributed by atoms with E-state index in [1.807, 2.05) is 6.07 Å². The van der Waals surface area contributed by atoms with Crippen LogP contribution in [0.3, 0.4) is 0 Å². The van der Waals surface area contributed by atoms with Crippen LogP contribution in [0, 0.1) is 17.8 Å². The van der Waals surface area contributed by atoms with E-state index in [0.717, 1.165) is 18.0 Å². The number of rotatable bonds is 4. The molecule has 1 aliphatic heterocycles. The molecule has 1 heterocycles. The van der Waals surface area contributed by atoms with Crippen LogP contribution in [0.2, 0.25) is 0 Å². The first kappa shape index (κ1) is 16.0. The average Bonchev–Trinajstić information content (AvgIpc) is 2.48. The van der Waals surface area contributed by atoms with Crippen LogP contribution in [0.1, 0.15) is 24.0 Å². The second-order valence-corrected chi connectivity index (χ2v) is 6.15. The Balaban J connectivity index is 1.86. The highest BCUT2D eigenvalue weighted by Crippen LogP contribution is 2.17. The minimum Gasteiger partial charge on any atom is -0.320 e. The smallest absolute Gasteiger partial charge is 0.0555 e. The summed E-state index contributed by atoms with van der Waals surface area (Å²) >= 11 is 0. The largest absolute Gasteiger partial charge is 0.320 e. The molecule has 1 fully saturated rings. The standard InChI is InChI=1S/C18H27N3/c1-20-11-8-17(9-12-20)14-21(2)15-18-6-3-5-16(13-18)7-4-10-19/h3,5-6,13,17H,8-12,14-15,19H2,1-2H3. The maximum Gasteiger partial charge on any atom is 0.0555 e. The first-order valence-corrected chi connectivity index (χ1v) is 7.82. The Kier molecular flexibility index (Phi) is 6.25. The lowest BCUT2D eigenvalue weighted by molar-refractivity contribution is 0.173. The van der Waals surface area contributed by atoms with E-state index in [1.54, 1.807) is 0 Å². The molecule has 0 saturated carbocycles. The van der Waals surface area contributed by atoms with Crippen LogP contribution >= 0.6 is 0 Å². The number of nitrogens with zero attached hydrogens (tertiary/aromatic N) is 2. The van der Waals surface area contributed by atoms with Crippen molar-refractivity contribution in [2.45, 2.75) is 19.4 Å². The summed E-state index contributed by atoms with van der Waals surface area (Å²) in [4.78, 5) is 4.86. The molecule has 1 aromatic rings. The molecule has 114 valence electrons. The van der Waals surface area contributed by atoms with Crippen molar-refractivity contribution in [3.8, 4) is 11.8 Å². The fourth-order valence-corrected chi connectivity index (χ4v) is 2.96. The molecule has 0 aliphatic carbocycles. The molecule has 21 heavy (non-hydrogen) atoms. The first-order valence-electron chi connectivity index (χ1n) is 7.82. The fraction of sp³-hybridized carbons (Fsp3) is 0.556. The van der Waals surface area contributed by atoms with Crippen molar-refractivity contribution in [1.29, 1.82) is 0 Å². The molecule has 0 radical (unpaired) electrons. The Morgan fingerprint density at radius 2 is 2.10 bits per heavy atom. The molecule has 1 aromatic carbocycles. The Morgan fingerprint density at radius 1 is 1.33 bits per heavy atom. The highest BCUT2D eigenvalue weighted by Gasteiger charge is 2.18. The molecule has 2 N–H and O–H groups in total. The van der Waals surface area contributed by atoms with Gasteiger partial charge >= 0.3 is 0 Å². The van der Waals surface area contributed by atoms with Crippen LogP contribution < -0.4 is 5.73 Å². The summed E-state index contributed by atoms with van der Waals surface area (Å²) in [6.45, 7) is 5.07. The van der Waals surface area contributed by atoms with Gasteiger partial charge in [-0.3, -0.25) is 0 Å². The van der Waals surface area contributed by atoms with E-state index < -0.39 is 0 Å². The summed E-state index contributed by atoms with van der Waals surface area (Å²) in [5, 5.41) is 0. The molecule has 0 amide bonds. The maximum absolute atomic E-state index is 5.42. The number of hydrogen-bond donors (Lipinski definition) is 1. The van der Waals surface area contributed by atoms with E-state index >= 15 is 0 Å². The van der Waals surface area contributed by atoms with Crippen molar-refractivity contribution < 1.29 is 0 Å². The summed E-state index contributed by atoms with van der Waals surface area (Å²) in [7, 11) is 4.43. The van der Waals surface area contributed by atoms with Crippen molar-refractivity contribution in [3.05, 3.63) is 35.4 Å². The number of benzene rings is 1. The molecule has 0 atom stereocenters. The van der Waals surface area contributed by atoms with Gasteiger partial charge in [-0.25, -0.2) is 0 Å². The van der Waals surface area contributed by atoms with E-state index in [2.05, 4.69) is 53.9 Å². The zero-order valence-electron chi connectivity index (χ0n) is 13.3. The summed E-state index contributed by atoms with van der Waals surface area (Å²) < 4.78 is 0. The Morgan fingerprint density at radius 3 is 2.81 bits per heavy atom. The quantitative estimate of drug-likeness (QED) is 0.856. The summed E-state index contributed by atoms with van der Waals surface area (Å²) in [6.07, 6.45) is 2.64. The van der Waals surface area contributed by atoms with E-state index in [4.69, 9.17) is 5.73 Å². The molecule has 0 aromatic heterocycles. The Hall–Kier alpha value is -1.34. The van der Waals surface area contributed by atoms with Gasteiger partial charge in [-0.05, 0) is 63.6 Å². The van der Waals surface area contributed by atoms with Gasteiger partial charge in [-0.2, -0.15) is 0 Å². The maximum atomic E-state index is 5.42. The molecular formula is C18H27N3. The Labute approximate surface area is 129 Å². The third kappa shape index (κ3) is 5.51. The lowest BCUT2D eigenvalue weighted by atomic mass is 9.96. The predicted octanol–water partition coefficient (Wildman–Crippen LogP) is 1.77. The van der Waals surface area contributed by atoms with Crippen molar-refractivity contribution in [2.24, 2.45) is 11.7 Å². The second-order valence-electron chi connectivity index (χ2n) is 6.15. The minimum absolute atomic E-state index is 0.417. The lowest BCUT2D eigenvalue weighted by Gasteiger charge is -2.31. The molecule has 1 aliphatic rings. The predicted molar refractivity (Wildman–Crippen MR) is 88.9 cm³/mol. The number of nitrogens with two attached hydrogens (primary N) is 1. The Bertz CT molecular complexity index is 493. The number of likely N-dealkylation sites (tertiary alicyclic amines) is 1. The van der Waals surface area contributed by atoms with Gasteiger partial charge in [-0.15, -0.1) is 0 Å². The molecule has 0 spiro atoms. The SMILES string of the molecule is CN1CCC(CN(C)Cc2cccc(C#CCN)c2)CC1. The average molecular weight is 285 g/mol. The van der Waals surface area contributed by atoms with Crippen molar-refractivity contribution in [2.75, 3.05) is 40.3 Å². The van der Waals surface area contributed by atoms with Gasteiger partial charge in [0.2, 0.25) is 0 Å². The third-order valence-corrected chi connectivity index (χ3v) is 4.12. The van der Waals surface area contributed by atoms with Gasteiger partial charge in [0.15, 0.2) is 0 Å². The van der Waals surface area contributed by atoms with Gasteiger partial charge in [0.05, 0.1) is 6.54 Å². The van der Waals surface area contributed by atoms with E-state index in [0.29, 0.717) is 6.54 Å². The van der Waals surface area contributed by atoms with Gasteiger partial charge in [0.1, 0.15) is 0 Å². The lowest BCUT2D eigenvalue weighted by Crippen LogP contribution is -2.35. The van der Waals surface area contributed by atoms with Gasteiger partial charge in [-0.1, -0.05) is 24.0 Å². The zero-order chi connectivity index (χ0) is 15.1. The molecule has 3 heteroatoms. The van der Waals surface area contributed by atoms with Crippen molar-refractivity contribution in [3.63, 3.8) is 0 Å². The second kappa shape index (κ2) is 8.19. The molecule has 0 unspecified atom stereocenters. The van der Waals surface area contributed by atoms with Crippen LogP contribution in [0.25, 0.3) is 0 Å². The molecule has 2 rings (SSSR count). The monoisotopic (exact) mass is 285 g/mol. The van der Waals surface area contributed by atoms with Crippen LogP contribution in [0.4, 0.5) is 0 Å². The summed E-state index contributed by atoms with van der Waals surface area (Å²) in [5.41, 5.74) is 7.81. The molecular weight excluding hydrogens is 258 g/mol. The topological polar surface area (TPSA) is 32.5 Å². The molecule has 1 saturated heterocycles. The first-order chi connectivity index (χ1) is 10.2. The molecule has 0 bridgehead atoms. The fourth-order valence-electron chi connectivity index (χ4n) is 2.96. The van der Waals surface area contributed by atoms with Gasteiger partial charge < -0.3 is 15.5 Å². The highest BCUT2D eigenvalue weighted by molar-refractivity contribution is 5.37. The number of piperidine rings is 1. The zero-order valence-corrected chi connectivity index (χ0v) is 13.3. The van der Waals surface area contributed by atoms with E-state index in [9.17, 15) is 0 Å². The normalized spacial score (nSPS) is 16.8.